The number of nitrogens with one attached hydrogen (secondary N) is 2. The highest BCUT2D eigenvalue weighted by molar-refractivity contribution is 7.89. The summed E-state index contributed by atoms with van der Waals surface area (Å²) in [6, 6.07) is 5.18. The molecule has 1 fully saturated rings. The molecule has 1 aromatic carbocycles. The molecule has 1 atom stereocenters. The molecule has 0 heterocycles. The molecular formula is C13H18N2O5S. The van der Waals surface area contributed by atoms with Gasteiger partial charge in [-0.1, -0.05) is 12.1 Å². The number of aliphatic hydroxyl groups is 1. The Kier molecular flexibility index (Phi) is 4.81. The van der Waals surface area contributed by atoms with Crippen LogP contribution in [-0.4, -0.2) is 45.3 Å². The van der Waals surface area contributed by atoms with Gasteiger partial charge in [-0.3, -0.25) is 0 Å². The maximum absolute atomic E-state index is 12.3. The molecule has 7 nitrogen and oxygen atoms in total. The minimum Gasteiger partial charge on any atom is -0.467 e. The normalized spacial score (nSPS) is 16.3. The molecule has 3 N–H and O–H groups in total. The third kappa shape index (κ3) is 3.93. The molecule has 0 radical (unpaired) electrons. The second-order valence-corrected chi connectivity index (χ2v) is 6.48. The number of hydrogen-bond donors (Lipinski definition) is 3. The van der Waals surface area contributed by atoms with E-state index in [0.717, 1.165) is 12.8 Å². The molecule has 0 aliphatic heterocycles. The van der Waals surface area contributed by atoms with Gasteiger partial charge < -0.3 is 15.2 Å². The van der Waals surface area contributed by atoms with E-state index in [4.69, 9.17) is 0 Å². The number of rotatable bonds is 7. The zero-order valence-electron chi connectivity index (χ0n) is 11.6. The number of carbonyl (C=O) groups is 1. The van der Waals surface area contributed by atoms with Crippen molar-refractivity contribution in [2.75, 3.05) is 19.0 Å². The summed E-state index contributed by atoms with van der Waals surface area (Å²) in [5, 5.41) is 11.9. The molecule has 0 spiro atoms. The van der Waals surface area contributed by atoms with Gasteiger partial charge in [0.25, 0.3) is 0 Å². The van der Waals surface area contributed by atoms with Gasteiger partial charge in [0.2, 0.25) is 10.0 Å². The SMILES string of the molecule is COC(=O)C(CO)Nc1ccccc1S(=O)(=O)NC1CC1. The van der Waals surface area contributed by atoms with E-state index in [9.17, 15) is 18.3 Å². The molecule has 1 aliphatic carbocycles. The topological polar surface area (TPSA) is 105 Å². The number of anilines is 1. The van der Waals surface area contributed by atoms with Crippen molar-refractivity contribution in [3.05, 3.63) is 24.3 Å². The molecule has 0 aromatic heterocycles. The maximum atomic E-state index is 12.3. The second kappa shape index (κ2) is 6.42. The van der Waals surface area contributed by atoms with Crippen molar-refractivity contribution in [3.8, 4) is 0 Å². The van der Waals surface area contributed by atoms with Gasteiger partial charge in [-0.15, -0.1) is 0 Å². The first-order valence-corrected chi connectivity index (χ1v) is 8.03. The average Bonchev–Trinajstić information content (AvgIpc) is 3.27. The van der Waals surface area contributed by atoms with Crippen molar-refractivity contribution >= 4 is 21.7 Å². The molecule has 21 heavy (non-hydrogen) atoms. The zero-order chi connectivity index (χ0) is 15.5. The fraction of sp³-hybridized carbons (Fsp3) is 0.462. The van der Waals surface area contributed by atoms with E-state index in [1.807, 2.05) is 0 Å². The predicted molar refractivity (Wildman–Crippen MR) is 76.3 cm³/mol. The lowest BCUT2D eigenvalue weighted by atomic mass is 10.2. The predicted octanol–water partition coefficient (Wildman–Crippen LogP) is 0.0731. The van der Waals surface area contributed by atoms with E-state index < -0.39 is 28.6 Å². The minimum atomic E-state index is -3.66. The van der Waals surface area contributed by atoms with Crippen LogP contribution in [0, 0.1) is 0 Å². The van der Waals surface area contributed by atoms with Gasteiger partial charge >= 0.3 is 5.97 Å². The molecule has 1 saturated carbocycles. The van der Waals surface area contributed by atoms with Crippen LogP contribution in [0.1, 0.15) is 12.8 Å². The van der Waals surface area contributed by atoms with Crippen molar-refractivity contribution in [2.45, 2.75) is 29.8 Å². The lowest BCUT2D eigenvalue weighted by Crippen LogP contribution is -2.35. The number of sulfonamides is 1. The Morgan fingerprint density at radius 3 is 2.67 bits per heavy atom. The van der Waals surface area contributed by atoms with Crippen LogP contribution in [0.2, 0.25) is 0 Å². The largest absolute Gasteiger partial charge is 0.467 e. The van der Waals surface area contributed by atoms with Crippen LogP contribution >= 0.6 is 0 Å². The Labute approximate surface area is 123 Å². The Hall–Kier alpha value is -1.64. The van der Waals surface area contributed by atoms with Crippen LogP contribution in [0.25, 0.3) is 0 Å². The van der Waals surface area contributed by atoms with E-state index in [-0.39, 0.29) is 16.6 Å². The Morgan fingerprint density at radius 1 is 1.43 bits per heavy atom. The van der Waals surface area contributed by atoms with Crippen molar-refractivity contribution in [3.63, 3.8) is 0 Å². The molecule has 0 saturated heterocycles. The summed E-state index contributed by atoms with van der Waals surface area (Å²) >= 11 is 0. The molecule has 8 heteroatoms. The summed E-state index contributed by atoms with van der Waals surface area (Å²) in [6.45, 7) is -0.503. The smallest absolute Gasteiger partial charge is 0.330 e. The van der Waals surface area contributed by atoms with Crippen LogP contribution in [0.3, 0.4) is 0 Å². The quantitative estimate of drug-likeness (QED) is 0.615. The standard InChI is InChI=1S/C13H18N2O5S/c1-20-13(17)11(8-16)14-10-4-2-3-5-12(10)21(18,19)15-9-6-7-9/h2-5,9,11,14-16H,6-8H2,1H3. The average molecular weight is 314 g/mol. The van der Waals surface area contributed by atoms with E-state index in [1.165, 1.54) is 19.2 Å². The fourth-order valence-electron chi connectivity index (χ4n) is 1.81. The molecule has 0 bridgehead atoms. The summed E-state index contributed by atoms with van der Waals surface area (Å²) in [5.74, 6) is -0.667. The van der Waals surface area contributed by atoms with Gasteiger partial charge in [-0.2, -0.15) is 0 Å². The zero-order valence-corrected chi connectivity index (χ0v) is 12.4. The Balaban J connectivity index is 2.25. The van der Waals surface area contributed by atoms with Crippen LogP contribution in [0.4, 0.5) is 5.69 Å². The Bertz CT molecular complexity index is 613. The third-order valence-corrected chi connectivity index (χ3v) is 4.65. The highest BCUT2D eigenvalue weighted by atomic mass is 32.2. The first-order chi connectivity index (χ1) is 9.97. The molecule has 1 aromatic rings. The van der Waals surface area contributed by atoms with Crippen LogP contribution in [0.15, 0.2) is 29.2 Å². The summed E-state index contributed by atoms with van der Waals surface area (Å²) in [4.78, 5) is 11.5. The number of para-hydroxylation sites is 1. The second-order valence-electron chi connectivity index (χ2n) is 4.79. The number of hydrogen-bond acceptors (Lipinski definition) is 6. The molecule has 116 valence electrons. The van der Waals surface area contributed by atoms with Gasteiger partial charge in [-0.25, -0.2) is 17.9 Å². The lowest BCUT2D eigenvalue weighted by Gasteiger charge is -2.18. The maximum Gasteiger partial charge on any atom is 0.330 e. The minimum absolute atomic E-state index is 0.0164. The van der Waals surface area contributed by atoms with Crippen molar-refractivity contribution < 1.29 is 23.1 Å². The van der Waals surface area contributed by atoms with Crippen molar-refractivity contribution in [1.82, 2.24) is 4.72 Å². The van der Waals surface area contributed by atoms with Gasteiger partial charge in [0.05, 0.1) is 19.4 Å². The van der Waals surface area contributed by atoms with Gasteiger partial charge in [0.15, 0.2) is 0 Å². The van der Waals surface area contributed by atoms with E-state index >= 15 is 0 Å². The number of carbonyl (C=O) groups excluding carboxylic acids is 1. The molecule has 1 aliphatic rings. The first kappa shape index (κ1) is 15.7. The molecule has 2 rings (SSSR count). The van der Waals surface area contributed by atoms with E-state index in [0.29, 0.717) is 0 Å². The van der Waals surface area contributed by atoms with Crippen LogP contribution in [0.5, 0.6) is 0 Å². The number of methoxy groups -OCH3 is 1. The molecular weight excluding hydrogens is 296 g/mol. The van der Waals surface area contributed by atoms with Crippen LogP contribution < -0.4 is 10.0 Å². The number of benzene rings is 1. The molecule has 0 amide bonds. The van der Waals surface area contributed by atoms with Gasteiger partial charge in [0.1, 0.15) is 10.9 Å². The summed E-state index contributed by atoms with van der Waals surface area (Å²) < 4.78 is 31.7. The Morgan fingerprint density at radius 2 is 2.10 bits per heavy atom. The van der Waals surface area contributed by atoms with Crippen molar-refractivity contribution in [1.29, 1.82) is 0 Å². The van der Waals surface area contributed by atoms with Gasteiger partial charge in [0, 0.05) is 6.04 Å². The highest BCUT2D eigenvalue weighted by Crippen LogP contribution is 2.26. The monoisotopic (exact) mass is 314 g/mol. The summed E-state index contributed by atoms with van der Waals surface area (Å²) in [6.07, 6.45) is 1.66. The first-order valence-electron chi connectivity index (χ1n) is 6.54. The highest BCUT2D eigenvalue weighted by Gasteiger charge is 2.30. The molecule has 1 unspecified atom stereocenters. The van der Waals surface area contributed by atoms with Gasteiger partial charge in [-0.05, 0) is 25.0 Å². The number of ether oxygens (including phenoxy) is 1. The van der Waals surface area contributed by atoms with E-state index in [1.54, 1.807) is 12.1 Å². The number of esters is 1. The lowest BCUT2D eigenvalue weighted by molar-refractivity contribution is -0.142. The number of aliphatic hydroxyl groups excluding tert-OH is 1. The van der Waals surface area contributed by atoms with E-state index in [2.05, 4.69) is 14.8 Å². The van der Waals surface area contributed by atoms with Crippen LogP contribution in [-0.2, 0) is 19.6 Å². The summed E-state index contributed by atoms with van der Waals surface area (Å²) in [5.41, 5.74) is 0.245. The third-order valence-electron chi connectivity index (χ3n) is 3.07. The summed E-state index contributed by atoms with van der Waals surface area (Å²) in [7, 11) is -2.46. The fourth-order valence-corrected chi connectivity index (χ4v) is 3.29. The van der Waals surface area contributed by atoms with Crippen molar-refractivity contribution in [2.24, 2.45) is 0 Å².